The van der Waals surface area contributed by atoms with E-state index in [1.54, 1.807) is 4.90 Å². The molecule has 23 heavy (non-hydrogen) atoms. The molecule has 2 rings (SSSR count). The molecule has 0 bridgehead atoms. The first-order valence-electron chi connectivity index (χ1n) is 8.68. The molecule has 1 aliphatic heterocycles. The predicted octanol–water partition coefficient (Wildman–Crippen LogP) is 4.22. The van der Waals surface area contributed by atoms with Crippen LogP contribution in [0, 0.1) is 0 Å². The number of nitrogens with zero attached hydrogens (tertiary/aromatic N) is 1. The van der Waals surface area contributed by atoms with E-state index >= 15 is 0 Å². The van der Waals surface area contributed by atoms with Gasteiger partial charge in [0, 0.05) is 19.6 Å². The quantitative estimate of drug-likeness (QED) is 0.799. The first-order valence-corrected chi connectivity index (χ1v) is 8.68. The number of carbonyl (C=O) groups is 1. The van der Waals surface area contributed by atoms with Gasteiger partial charge in [-0.1, -0.05) is 38.0 Å². The fraction of sp³-hybridized carbons (Fsp3) is 0.632. The van der Waals surface area contributed by atoms with Crippen LogP contribution in [0.4, 0.5) is 4.79 Å². The molecule has 1 aliphatic rings. The number of nitrogens with one attached hydrogen (secondary N) is 1. The second-order valence-corrected chi connectivity index (χ2v) is 7.32. The third-order valence-electron chi connectivity index (χ3n) is 3.93. The molecule has 0 saturated heterocycles. The summed E-state index contributed by atoms with van der Waals surface area (Å²) in [7, 11) is 0. The Kier molecular flexibility index (Phi) is 6.05. The van der Waals surface area contributed by atoms with E-state index in [1.807, 2.05) is 20.8 Å². The van der Waals surface area contributed by atoms with Crippen LogP contribution in [0.1, 0.15) is 63.6 Å². The van der Waals surface area contributed by atoms with Gasteiger partial charge in [0.25, 0.3) is 0 Å². The summed E-state index contributed by atoms with van der Waals surface area (Å²) in [6.07, 6.45) is 3.53. The normalized spacial score (nSPS) is 14.0. The lowest BCUT2D eigenvalue weighted by atomic mass is 10.1. The summed E-state index contributed by atoms with van der Waals surface area (Å²) < 4.78 is 5.46. The van der Waals surface area contributed by atoms with Gasteiger partial charge in [-0.15, -0.1) is 0 Å². The van der Waals surface area contributed by atoms with E-state index in [9.17, 15) is 4.79 Å². The maximum Gasteiger partial charge on any atom is 0.410 e. The highest BCUT2D eigenvalue weighted by molar-refractivity contribution is 5.69. The topological polar surface area (TPSA) is 41.6 Å². The molecule has 128 valence electrons. The molecule has 0 atom stereocenters. The summed E-state index contributed by atoms with van der Waals surface area (Å²) >= 11 is 0. The van der Waals surface area contributed by atoms with Gasteiger partial charge in [0.2, 0.25) is 0 Å². The Balaban J connectivity index is 1.87. The zero-order valence-corrected chi connectivity index (χ0v) is 14.9. The van der Waals surface area contributed by atoms with Crippen molar-refractivity contribution < 1.29 is 9.53 Å². The average molecular weight is 318 g/mol. The van der Waals surface area contributed by atoms with Crippen molar-refractivity contribution in [1.29, 1.82) is 0 Å². The molecule has 1 aromatic rings. The van der Waals surface area contributed by atoms with E-state index in [0.717, 1.165) is 13.1 Å². The lowest BCUT2D eigenvalue weighted by molar-refractivity contribution is 0.0242. The SMILES string of the molecule is CCCCCNCc1ccc2c(c1)CN(C(=O)OC(C)(C)C)C2. The molecule has 0 aliphatic carbocycles. The summed E-state index contributed by atoms with van der Waals surface area (Å²) in [6.45, 7) is 11.2. The number of unbranched alkanes of at least 4 members (excludes halogenated alkanes) is 2. The highest BCUT2D eigenvalue weighted by atomic mass is 16.6. The van der Waals surface area contributed by atoms with Crippen molar-refractivity contribution in [2.45, 2.75) is 72.2 Å². The summed E-state index contributed by atoms with van der Waals surface area (Å²) in [5.74, 6) is 0. The number of hydrogen-bond acceptors (Lipinski definition) is 3. The molecule has 4 nitrogen and oxygen atoms in total. The van der Waals surface area contributed by atoms with Crippen LogP contribution in [-0.4, -0.2) is 23.1 Å². The fourth-order valence-corrected chi connectivity index (χ4v) is 2.75. The molecule has 1 aromatic carbocycles. The van der Waals surface area contributed by atoms with Gasteiger partial charge in [0.1, 0.15) is 5.60 Å². The van der Waals surface area contributed by atoms with Gasteiger partial charge in [0.15, 0.2) is 0 Å². The minimum absolute atomic E-state index is 0.229. The van der Waals surface area contributed by atoms with Crippen LogP contribution in [0.15, 0.2) is 18.2 Å². The van der Waals surface area contributed by atoms with Crippen molar-refractivity contribution in [2.24, 2.45) is 0 Å². The molecule has 0 saturated carbocycles. The van der Waals surface area contributed by atoms with E-state index in [1.165, 1.54) is 36.0 Å². The Bertz CT molecular complexity index is 535. The molecular weight excluding hydrogens is 288 g/mol. The predicted molar refractivity (Wildman–Crippen MR) is 93.2 cm³/mol. The van der Waals surface area contributed by atoms with Crippen molar-refractivity contribution in [3.8, 4) is 0 Å². The van der Waals surface area contributed by atoms with Crippen LogP contribution in [-0.2, 0) is 24.4 Å². The minimum atomic E-state index is -0.445. The van der Waals surface area contributed by atoms with Crippen LogP contribution in [0.25, 0.3) is 0 Å². The Hall–Kier alpha value is -1.55. The van der Waals surface area contributed by atoms with Gasteiger partial charge >= 0.3 is 6.09 Å². The van der Waals surface area contributed by atoms with Crippen LogP contribution < -0.4 is 5.32 Å². The van der Waals surface area contributed by atoms with E-state index in [2.05, 4.69) is 30.4 Å². The van der Waals surface area contributed by atoms with Crippen LogP contribution >= 0.6 is 0 Å². The summed E-state index contributed by atoms with van der Waals surface area (Å²) in [5.41, 5.74) is 3.31. The molecule has 1 heterocycles. The van der Waals surface area contributed by atoms with Crippen molar-refractivity contribution in [3.05, 3.63) is 34.9 Å². The van der Waals surface area contributed by atoms with Gasteiger partial charge in [-0.25, -0.2) is 4.79 Å². The molecule has 0 radical (unpaired) electrons. The summed E-state index contributed by atoms with van der Waals surface area (Å²) in [4.78, 5) is 14.0. The van der Waals surface area contributed by atoms with E-state index in [4.69, 9.17) is 4.74 Å². The number of rotatable bonds is 6. The Labute approximate surface area is 140 Å². The zero-order valence-electron chi connectivity index (χ0n) is 14.9. The van der Waals surface area contributed by atoms with E-state index in [0.29, 0.717) is 13.1 Å². The molecule has 0 spiro atoms. The number of carbonyl (C=O) groups excluding carboxylic acids is 1. The third-order valence-corrected chi connectivity index (χ3v) is 3.93. The Morgan fingerprint density at radius 3 is 2.65 bits per heavy atom. The lowest BCUT2D eigenvalue weighted by Crippen LogP contribution is -2.33. The molecule has 0 fully saturated rings. The van der Waals surface area contributed by atoms with Crippen LogP contribution in [0.5, 0.6) is 0 Å². The van der Waals surface area contributed by atoms with Crippen LogP contribution in [0.3, 0.4) is 0 Å². The standard InChI is InChI=1S/C19H30N2O2/c1-5-6-7-10-20-12-15-8-9-16-13-21(14-17(16)11-15)18(22)23-19(2,3)4/h8-9,11,20H,5-7,10,12-14H2,1-4H3. The minimum Gasteiger partial charge on any atom is -0.444 e. The van der Waals surface area contributed by atoms with Crippen LogP contribution in [0.2, 0.25) is 0 Å². The monoisotopic (exact) mass is 318 g/mol. The Morgan fingerprint density at radius 2 is 1.96 bits per heavy atom. The summed E-state index contributed by atoms with van der Waals surface area (Å²) in [6, 6.07) is 6.51. The number of hydrogen-bond donors (Lipinski definition) is 1. The van der Waals surface area contributed by atoms with Gasteiger partial charge in [-0.05, 0) is 50.4 Å². The second kappa shape index (κ2) is 7.82. The molecular formula is C19H30N2O2. The maximum atomic E-state index is 12.2. The number of amides is 1. The molecule has 0 unspecified atom stereocenters. The maximum absolute atomic E-state index is 12.2. The fourth-order valence-electron chi connectivity index (χ4n) is 2.75. The van der Waals surface area contributed by atoms with Crippen molar-refractivity contribution in [2.75, 3.05) is 6.54 Å². The first-order chi connectivity index (χ1) is 10.9. The molecule has 4 heteroatoms. The number of benzene rings is 1. The smallest absolute Gasteiger partial charge is 0.410 e. The molecule has 0 aromatic heterocycles. The summed E-state index contributed by atoms with van der Waals surface area (Å²) in [5, 5.41) is 3.49. The largest absolute Gasteiger partial charge is 0.444 e. The van der Waals surface area contributed by atoms with Crippen molar-refractivity contribution >= 4 is 6.09 Å². The average Bonchev–Trinajstić information content (AvgIpc) is 2.88. The van der Waals surface area contributed by atoms with Gasteiger partial charge in [-0.2, -0.15) is 0 Å². The highest BCUT2D eigenvalue weighted by Crippen LogP contribution is 2.25. The highest BCUT2D eigenvalue weighted by Gasteiger charge is 2.27. The van der Waals surface area contributed by atoms with Gasteiger partial charge < -0.3 is 10.1 Å². The third kappa shape index (κ3) is 5.54. The molecule has 1 amide bonds. The van der Waals surface area contributed by atoms with E-state index in [-0.39, 0.29) is 6.09 Å². The Morgan fingerprint density at radius 1 is 1.22 bits per heavy atom. The van der Waals surface area contributed by atoms with E-state index < -0.39 is 5.60 Å². The van der Waals surface area contributed by atoms with Gasteiger partial charge in [0.05, 0.1) is 0 Å². The number of ether oxygens (including phenoxy) is 1. The van der Waals surface area contributed by atoms with Crippen molar-refractivity contribution in [3.63, 3.8) is 0 Å². The first kappa shape index (κ1) is 17.8. The molecule has 1 N–H and O–H groups in total. The zero-order chi connectivity index (χ0) is 16.9. The lowest BCUT2D eigenvalue weighted by Gasteiger charge is -2.24. The van der Waals surface area contributed by atoms with Crippen molar-refractivity contribution in [1.82, 2.24) is 10.2 Å². The number of fused-ring (bicyclic) bond motifs is 1. The van der Waals surface area contributed by atoms with Gasteiger partial charge in [-0.3, -0.25) is 4.90 Å². The second-order valence-electron chi connectivity index (χ2n) is 7.32.